The molecule has 5 heteroatoms. The Hall–Kier alpha value is -1.39. The predicted octanol–water partition coefficient (Wildman–Crippen LogP) is 3.05. The molecule has 3 rings (SSSR count). The zero-order chi connectivity index (χ0) is 15.0. The number of rotatable bonds is 2. The Morgan fingerprint density at radius 1 is 1.33 bits per heavy atom. The van der Waals surface area contributed by atoms with Gasteiger partial charge in [0, 0.05) is 18.1 Å². The highest BCUT2D eigenvalue weighted by Crippen LogP contribution is 2.22. The van der Waals surface area contributed by atoms with Gasteiger partial charge in [0.2, 0.25) is 0 Å². The summed E-state index contributed by atoms with van der Waals surface area (Å²) in [5.41, 5.74) is 0.573. The lowest BCUT2D eigenvalue weighted by molar-refractivity contribution is 0.131. The Kier molecular flexibility index (Phi) is 4.00. The van der Waals surface area contributed by atoms with Crippen LogP contribution in [0.25, 0.3) is 10.9 Å². The lowest BCUT2D eigenvalue weighted by Gasteiger charge is -2.34. The monoisotopic (exact) mass is 305 g/mol. The van der Waals surface area contributed by atoms with Gasteiger partial charge in [-0.15, -0.1) is 0 Å². The third-order valence-electron chi connectivity index (χ3n) is 4.04. The van der Waals surface area contributed by atoms with Gasteiger partial charge in [0.1, 0.15) is 5.82 Å². The molecule has 0 aliphatic carbocycles. The second-order valence-corrected chi connectivity index (χ2v) is 6.75. The van der Waals surface area contributed by atoms with E-state index in [1.807, 2.05) is 0 Å². The third-order valence-corrected chi connectivity index (χ3v) is 4.27. The van der Waals surface area contributed by atoms with Crippen LogP contribution in [0.15, 0.2) is 23.0 Å². The number of hydrogen-bond acceptors (Lipinski definition) is 3. The van der Waals surface area contributed by atoms with E-state index >= 15 is 0 Å². The van der Waals surface area contributed by atoms with Crippen LogP contribution in [0.3, 0.4) is 0 Å². The van der Waals surface area contributed by atoms with Crippen LogP contribution in [-0.2, 0) is 6.54 Å². The van der Waals surface area contributed by atoms with Crippen molar-refractivity contribution in [2.75, 3.05) is 13.1 Å². The zero-order valence-electron chi connectivity index (χ0n) is 12.4. The number of aromatic amines is 1. The molecule has 0 unspecified atom stereocenters. The van der Waals surface area contributed by atoms with Crippen LogP contribution in [-0.4, -0.2) is 28.0 Å². The van der Waals surface area contributed by atoms with E-state index in [0.29, 0.717) is 34.3 Å². The van der Waals surface area contributed by atoms with Gasteiger partial charge in [-0.3, -0.25) is 9.69 Å². The number of nitrogens with zero attached hydrogens (tertiary/aromatic N) is 2. The molecule has 21 heavy (non-hydrogen) atoms. The maximum Gasteiger partial charge on any atom is 0.258 e. The molecule has 112 valence electrons. The van der Waals surface area contributed by atoms with Gasteiger partial charge in [0.25, 0.3) is 5.56 Å². The summed E-state index contributed by atoms with van der Waals surface area (Å²) in [6, 6.07) is 5.18. The summed E-state index contributed by atoms with van der Waals surface area (Å²) in [4.78, 5) is 21.9. The number of fused-ring (bicyclic) bond motifs is 1. The van der Waals surface area contributed by atoms with Crippen molar-refractivity contribution < 1.29 is 0 Å². The molecule has 1 N–H and O–H groups in total. The minimum absolute atomic E-state index is 0.0928. The van der Waals surface area contributed by atoms with Crippen molar-refractivity contribution in [2.24, 2.45) is 11.8 Å². The van der Waals surface area contributed by atoms with Crippen molar-refractivity contribution in [3.05, 3.63) is 39.4 Å². The normalized spacial score (nSPS) is 23.6. The van der Waals surface area contributed by atoms with Gasteiger partial charge in [0.15, 0.2) is 0 Å². The minimum atomic E-state index is -0.0928. The lowest BCUT2D eigenvalue weighted by Crippen LogP contribution is -2.38. The average molecular weight is 306 g/mol. The minimum Gasteiger partial charge on any atom is -0.309 e. The van der Waals surface area contributed by atoms with Crippen LogP contribution < -0.4 is 5.56 Å². The molecule has 1 aliphatic rings. The molecule has 1 aliphatic heterocycles. The van der Waals surface area contributed by atoms with Gasteiger partial charge < -0.3 is 4.98 Å². The zero-order valence-corrected chi connectivity index (χ0v) is 13.2. The molecule has 0 spiro atoms. The molecule has 2 atom stereocenters. The third kappa shape index (κ3) is 3.27. The SMILES string of the molecule is C[C@H]1C[C@H](C)CN(Cc2nc3cc(Cl)ccc3c(=O)[nH]2)C1. The summed E-state index contributed by atoms with van der Waals surface area (Å²) >= 11 is 5.99. The fourth-order valence-electron chi connectivity index (χ4n) is 3.37. The number of aromatic nitrogens is 2. The molecule has 0 radical (unpaired) electrons. The highest BCUT2D eigenvalue weighted by molar-refractivity contribution is 6.31. The van der Waals surface area contributed by atoms with Crippen LogP contribution in [0.4, 0.5) is 0 Å². The summed E-state index contributed by atoms with van der Waals surface area (Å²) < 4.78 is 0. The highest BCUT2D eigenvalue weighted by Gasteiger charge is 2.22. The Labute approximate surface area is 129 Å². The first-order valence-electron chi connectivity index (χ1n) is 7.42. The first kappa shape index (κ1) is 14.5. The molecular formula is C16H20ClN3O. The van der Waals surface area contributed by atoms with Crippen LogP contribution in [0.1, 0.15) is 26.1 Å². The number of H-pyrrole nitrogens is 1. The number of halogens is 1. The number of nitrogens with one attached hydrogen (secondary N) is 1. The Bertz CT molecular complexity index is 702. The fourth-order valence-corrected chi connectivity index (χ4v) is 3.54. The summed E-state index contributed by atoms with van der Waals surface area (Å²) in [5, 5.41) is 1.19. The molecule has 1 aromatic heterocycles. The summed E-state index contributed by atoms with van der Waals surface area (Å²) in [6.07, 6.45) is 1.27. The van der Waals surface area contributed by atoms with Crippen LogP contribution in [0.5, 0.6) is 0 Å². The van der Waals surface area contributed by atoms with Crippen molar-refractivity contribution in [3.63, 3.8) is 0 Å². The van der Waals surface area contributed by atoms with Gasteiger partial charge in [-0.25, -0.2) is 4.98 Å². The van der Waals surface area contributed by atoms with Gasteiger partial charge in [-0.1, -0.05) is 25.4 Å². The maximum atomic E-state index is 12.1. The van der Waals surface area contributed by atoms with Crippen LogP contribution >= 0.6 is 11.6 Å². The first-order valence-corrected chi connectivity index (χ1v) is 7.80. The number of likely N-dealkylation sites (tertiary alicyclic amines) is 1. The quantitative estimate of drug-likeness (QED) is 0.927. The van der Waals surface area contributed by atoms with Crippen molar-refractivity contribution in [3.8, 4) is 0 Å². The van der Waals surface area contributed by atoms with E-state index in [0.717, 1.165) is 18.9 Å². The molecule has 2 aromatic rings. The number of hydrogen-bond donors (Lipinski definition) is 1. The second kappa shape index (κ2) is 5.78. The lowest BCUT2D eigenvalue weighted by atomic mass is 9.92. The maximum absolute atomic E-state index is 12.1. The molecule has 4 nitrogen and oxygen atoms in total. The molecule has 1 fully saturated rings. The van der Waals surface area contributed by atoms with Gasteiger partial charge in [-0.2, -0.15) is 0 Å². The molecule has 1 saturated heterocycles. The Morgan fingerprint density at radius 2 is 2.05 bits per heavy atom. The smallest absolute Gasteiger partial charge is 0.258 e. The molecular weight excluding hydrogens is 286 g/mol. The summed E-state index contributed by atoms with van der Waals surface area (Å²) in [7, 11) is 0. The fraction of sp³-hybridized carbons (Fsp3) is 0.500. The van der Waals surface area contributed by atoms with E-state index in [1.54, 1.807) is 18.2 Å². The van der Waals surface area contributed by atoms with Crippen molar-refractivity contribution >= 4 is 22.5 Å². The van der Waals surface area contributed by atoms with E-state index < -0.39 is 0 Å². The van der Waals surface area contributed by atoms with Gasteiger partial charge >= 0.3 is 0 Å². The van der Waals surface area contributed by atoms with Gasteiger partial charge in [-0.05, 0) is 36.5 Å². The summed E-state index contributed by atoms with van der Waals surface area (Å²) in [6.45, 7) is 7.35. The van der Waals surface area contributed by atoms with Crippen LogP contribution in [0.2, 0.25) is 5.02 Å². The Morgan fingerprint density at radius 3 is 2.76 bits per heavy atom. The number of piperidine rings is 1. The van der Waals surface area contributed by atoms with Gasteiger partial charge in [0.05, 0.1) is 17.4 Å². The van der Waals surface area contributed by atoms with E-state index in [1.165, 1.54) is 6.42 Å². The predicted molar refractivity (Wildman–Crippen MR) is 85.6 cm³/mol. The first-order chi connectivity index (χ1) is 10.0. The average Bonchev–Trinajstić information content (AvgIpc) is 2.36. The molecule has 1 aromatic carbocycles. The molecule has 0 bridgehead atoms. The van der Waals surface area contributed by atoms with E-state index in [2.05, 4.69) is 28.7 Å². The topological polar surface area (TPSA) is 49.0 Å². The molecule has 0 saturated carbocycles. The van der Waals surface area contributed by atoms with E-state index in [9.17, 15) is 4.79 Å². The van der Waals surface area contributed by atoms with E-state index in [4.69, 9.17) is 11.6 Å². The Balaban J connectivity index is 1.89. The second-order valence-electron chi connectivity index (χ2n) is 6.31. The largest absolute Gasteiger partial charge is 0.309 e. The number of benzene rings is 1. The van der Waals surface area contributed by atoms with Crippen molar-refractivity contribution in [2.45, 2.75) is 26.8 Å². The van der Waals surface area contributed by atoms with E-state index in [-0.39, 0.29) is 5.56 Å². The molecule has 2 heterocycles. The molecule has 0 amide bonds. The highest BCUT2D eigenvalue weighted by atomic mass is 35.5. The standard InChI is InChI=1S/C16H20ClN3O/c1-10-5-11(2)8-20(7-10)9-15-18-14-6-12(17)3-4-13(14)16(21)19-15/h3-4,6,10-11H,5,7-9H2,1-2H3,(H,18,19,21)/t10-,11-/m0/s1. The van der Waals surface area contributed by atoms with Crippen molar-refractivity contribution in [1.82, 2.24) is 14.9 Å². The van der Waals surface area contributed by atoms with Crippen LogP contribution in [0, 0.1) is 11.8 Å². The van der Waals surface area contributed by atoms with Crippen molar-refractivity contribution in [1.29, 1.82) is 0 Å². The summed E-state index contributed by atoms with van der Waals surface area (Å²) in [5.74, 6) is 2.10.